The van der Waals surface area contributed by atoms with E-state index < -0.39 is 0 Å². The Morgan fingerprint density at radius 2 is 1.83 bits per heavy atom. The van der Waals surface area contributed by atoms with Crippen LogP contribution in [0.25, 0.3) is 6.08 Å². The van der Waals surface area contributed by atoms with Crippen molar-refractivity contribution >= 4 is 50.5 Å². The number of carbonyl (C=O) groups excluding carboxylic acids is 1. The van der Waals surface area contributed by atoms with E-state index >= 15 is 0 Å². The Bertz CT molecular complexity index is 839. The van der Waals surface area contributed by atoms with Gasteiger partial charge in [-0.3, -0.25) is 4.79 Å². The van der Waals surface area contributed by atoms with E-state index in [1.54, 1.807) is 0 Å². The highest BCUT2D eigenvalue weighted by Gasteiger charge is 2.23. The fourth-order valence-corrected chi connectivity index (χ4v) is 3.33. The first kappa shape index (κ1) is 16.7. The lowest BCUT2D eigenvalue weighted by molar-refractivity contribution is -0.115. The van der Waals surface area contributed by atoms with Crippen LogP contribution in [0.5, 0.6) is 0 Å². The van der Waals surface area contributed by atoms with Crippen LogP contribution in [0.2, 0.25) is 0 Å². The van der Waals surface area contributed by atoms with Crippen LogP contribution in [-0.4, -0.2) is 11.1 Å². The minimum atomic E-state index is -0.114. The summed E-state index contributed by atoms with van der Waals surface area (Å²) in [5, 5.41) is 3.40. The van der Waals surface area contributed by atoms with E-state index in [1.807, 2.05) is 73.7 Å². The first-order valence-electron chi connectivity index (χ1n) is 7.39. The van der Waals surface area contributed by atoms with Gasteiger partial charge in [-0.15, -0.1) is 0 Å². The van der Waals surface area contributed by atoms with E-state index in [2.05, 4.69) is 26.2 Å². The molecule has 2 aromatic carbocycles. The fraction of sp³-hybridized carbons (Fsp3) is 0.0526. The lowest BCUT2D eigenvalue weighted by atomic mass is 10.1. The highest BCUT2D eigenvalue weighted by Crippen LogP contribution is 2.28. The maximum Gasteiger partial charge on any atom is 0.264 e. The molecule has 1 amide bonds. The number of rotatable bonds is 3. The maximum atomic E-state index is 12.1. The average molecular weight is 399 g/mol. The Morgan fingerprint density at radius 1 is 1.12 bits per heavy atom. The Balaban J connectivity index is 1.77. The number of nitrogens with one attached hydrogen (secondary N) is 1. The average Bonchev–Trinajstić information content (AvgIpc) is 2.90. The van der Waals surface area contributed by atoms with Gasteiger partial charge in [0.15, 0.2) is 5.17 Å². The van der Waals surface area contributed by atoms with Crippen LogP contribution in [0.15, 0.2) is 80.6 Å². The number of thioether (sulfide) groups is 1. The molecule has 0 unspecified atom stereocenters. The standard InChI is InChI=1S/C19H15BrN2OS/c1-13(11-14-5-3-2-4-6-14)12-17-18(23)22-19(24-17)21-16-9-7-15(20)8-10-16/h2-12H,1H3,(H,21,22,23)/b13-11-,17-12+. The molecule has 0 spiro atoms. The van der Waals surface area contributed by atoms with Crippen LogP contribution in [0.4, 0.5) is 5.69 Å². The third kappa shape index (κ3) is 4.46. The number of carbonyl (C=O) groups is 1. The summed E-state index contributed by atoms with van der Waals surface area (Å²) in [7, 11) is 0. The molecular formula is C19H15BrN2OS. The van der Waals surface area contributed by atoms with Gasteiger partial charge in [-0.2, -0.15) is 0 Å². The summed E-state index contributed by atoms with van der Waals surface area (Å²) >= 11 is 4.75. The third-order valence-electron chi connectivity index (χ3n) is 3.26. The number of amides is 1. The maximum absolute atomic E-state index is 12.1. The quantitative estimate of drug-likeness (QED) is 0.713. The second kappa shape index (κ2) is 7.64. The van der Waals surface area contributed by atoms with Crippen molar-refractivity contribution in [3.63, 3.8) is 0 Å². The molecule has 2 aromatic rings. The molecule has 0 radical (unpaired) electrons. The zero-order valence-corrected chi connectivity index (χ0v) is 15.4. The number of hydrogen-bond donors (Lipinski definition) is 1. The Kier molecular flexibility index (Phi) is 5.33. The Morgan fingerprint density at radius 3 is 2.54 bits per heavy atom. The van der Waals surface area contributed by atoms with Crippen molar-refractivity contribution in [2.45, 2.75) is 6.92 Å². The molecule has 1 saturated heterocycles. The van der Waals surface area contributed by atoms with E-state index in [9.17, 15) is 4.79 Å². The molecule has 0 bridgehead atoms. The zero-order chi connectivity index (χ0) is 16.9. The molecule has 3 rings (SSSR count). The van der Waals surface area contributed by atoms with Gasteiger partial charge in [0, 0.05) is 4.47 Å². The largest absolute Gasteiger partial charge is 0.300 e. The molecule has 1 aliphatic heterocycles. The monoisotopic (exact) mass is 398 g/mol. The lowest BCUT2D eigenvalue weighted by Crippen LogP contribution is -2.19. The summed E-state index contributed by atoms with van der Waals surface area (Å²) in [6.45, 7) is 1.98. The lowest BCUT2D eigenvalue weighted by Gasteiger charge is -1.97. The number of aliphatic imine (C=N–C) groups is 1. The summed E-state index contributed by atoms with van der Waals surface area (Å²) in [4.78, 5) is 17.2. The smallest absolute Gasteiger partial charge is 0.264 e. The number of hydrogen-bond acceptors (Lipinski definition) is 3. The second-order valence-corrected chi connectivity index (χ2v) is 7.20. The molecule has 0 aliphatic carbocycles. The number of benzene rings is 2. The van der Waals surface area contributed by atoms with Gasteiger partial charge in [-0.25, -0.2) is 4.99 Å². The van der Waals surface area contributed by atoms with Crippen molar-refractivity contribution in [3.05, 3.63) is 81.2 Å². The van der Waals surface area contributed by atoms with Crippen molar-refractivity contribution in [2.75, 3.05) is 0 Å². The molecular weight excluding hydrogens is 384 g/mol. The summed E-state index contributed by atoms with van der Waals surface area (Å²) in [6, 6.07) is 17.7. The topological polar surface area (TPSA) is 41.5 Å². The predicted octanol–water partition coefficient (Wildman–Crippen LogP) is 5.29. The Labute approximate surface area is 153 Å². The molecule has 0 atom stereocenters. The van der Waals surface area contributed by atoms with Crippen LogP contribution in [0.3, 0.4) is 0 Å². The van der Waals surface area contributed by atoms with E-state index in [0.29, 0.717) is 10.1 Å². The minimum absolute atomic E-state index is 0.114. The number of amidine groups is 1. The van der Waals surface area contributed by atoms with Crippen LogP contribution >= 0.6 is 27.7 Å². The van der Waals surface area contributed by atoms with E-state index in [4.69, 9.17) is 0 Å². The van der Waals surface area contributed by atoms with Crippen molar-refractivity contribution in [2.24, 2.45) is 4.99 Å². The van der Waals surface area contributed by atoms with Gasteiger partial charge < -0.3 is 5.32 Å². The predicted molar refractivity (Wildman–Crippen MR) is 105 cm³/mol. The van der Waals surface area contributed by atoms with Gasteiger partial charge in [-0.1, -0.05) is 52.3 Å². The van der Waals surface area contributed by atoms with Crippen molar-refractivity contribution in [1.29, 1.82) is 0 Å². The first-order chi connectivity index (χ1) is 11.6. The molecule has 1 fully saturated rings. The van der Waals surface area contributed by atoms with Crippen LogP contribution in [-0.2, 0) is 4.79 Å². The summed E-state index contributed by atoms with van der Waals surface area (Å²) in [5.74, 6) is -0.114. The summed E-state index contributed by atoms with van der Waals surface area (Å²) in [5.41, 5.74) is 2.93. The van der Waals surface area contributed by atoms with Crippen molar-refractivity contribution < 1.29 is 4.79 Å². The summed E-state index contributed by atoms with van der Waals surface area (Å²) in [6.07, 6.45) is 3.93. The van der Waals surface area contributed by atoms with Gasteiger partial charge in [0.05, 0.1) is 10.6 Å². The SMILES string of the molecule is CC(=C/c1ccccc1)/C=C1/SC(=Nc2ccc(Br)cc2)NC1=O. The molecule has 1 aliphatic rings. The van der Waals surface area contributed by atoms with Crippen LogP contribution < -0.4 is 5.32 Å². The molecule has 3 nitrogen and oxygen atoms in total. The van der Waals surface area contributed by atoms with Gasteiger partial charge in [0.2, 0.25) is 0 Å². The molecule has 1 heterocycles. The molecule has 120 valence electrons. The number of nitrogens with zero attached hydrogens (tertiary/aromatic N) is 1. The zero-order valence-electron chi connectivity index (χ0n) is 13.0. The molecule has 5 heteroatoms. The van der Waals surface area contributed by atoms with Gasteiger partial charge in [-0.05, 0) is 60.2 Å². The second-order valence-electron chi connectivity index (χ2n) is 5.26. The summed E-state index contributed by atoms with van der Waals surface area (Å²) < 4.78 is 0.997. The van der Waals surface area contributed by atoms with E-state index in [-0.39, 0.29) is 5.91 Å². The fourth-order valence-electron chi connectivity index (χ4n) is 2.17. The van der Waals surface area contributed by atoms with Crippen molar-refractivity contribution in [1.82, 2.24) is 5.32 Å². The molecule has 24 heavy (non-hydrogen) atoms. The van der Waals surface area contributed by atoms with Crippen LogP contribution in [0.1, 0.15) is 12.5 Å². The number of halogens is 1. The highest BCUT2D eigenvalue weighted by molar-refractivity contribution is 9.10. The van der Waals surface area contributed by atoms with Crippen molar-refractivity contribution in [3.8, 4) is 0 Å². The van der Waals surface area contributed by atoms with E-state index in [0.717, 1.165) is 21.3 Å². The van der Waals surface area contributed by atoms with E-state index in [1.165, 1.54) is 11.8 Å². The molecule has 0 aromatic heterocycles. The normalized spacial score (nSPS) is 18.2. The van der Waals surface area contributed by atoms with Gasteiger partial charge in [0.25, 0.3) is 5.91 Å². The third-order valence-corrected chi connectivity index (χ3v) is 4.70. The molecule has 0 saturated carbocycles. The van der Waals surface area contributed by atoms with Gasteiger partial charge >= 0.3 is 0 Å². The van der Waals surface area contributed by atoms with Crippen LogP contribution in [0, 0.1) is 0 Å². The number of allylic oxidation sites excluding steroid dienone is 2. The highest BCUT2D eigenvalue weighted by atomic mass is 79.9. The Hall–Kier alpha value is -2.11. The van der Waals surface area contributed by atoms with Gasteiger partial charge in [0.1, 0.15) is 0 Å². The first-order valence-corrected chi connectivity index (χ1v) is 8.99. The minimum Gasteiger partial charge on any atom is -0.300 e. The molecule has 1 N–H and O–H groups in total.